The van der Waals surface area contributed by atoms with Crippen LogP contribution in [-0.2, 0) is 26.3 Å². The number of nitrogens with one attached hydrogen (secondary N) is 2. The number of hydrogen-bond acceptors (Lipinski definition) is 8. The maximum absolute atomic E-state index is 9.36. The molecule has 0 spiro atoms. The van der Waals surface area contributed by atoms with Gasteiger partial charge in [0.05, 0.1) is 39.8 Å². The second-order valence-electron chi connectivity index (χ2n) is 13.8. The van der Waals surface area contributed by atoms with E-state index < -0.39 is 0 Å². The first-order valence-electron chi connectivity index (χ1n) is 18.1. The largest absolute Gasteiger partial charge is 0.492 e. The molecule has 0 bridgehead atoms. The monoisotopic (exact) mass is 760 g/mol. The average Bonchev–Trinajstić information content (AvgIpc) is 3.60. The Morgan fingerprint density at radius 3 is 2.57 bits per heavy atom. The third-order valence-corrected chi connectivity index (χ3v) is 10.4. The van der Waals surface area contributed by atoms with Crippen LogP contribution in [0.5, 0.6) is 17.2 Å². The lowest BCUT2D eigenvalue weighted by atomic mass is 9.96. The van der Waals surface area contributed by atoms with Crippen LogP contribution in [0, 0.1) is 24.2 Å². The Kier molecular flexibility index (Phi) is 12.0. The van der Waals surface area contributed by atoms with E-state index in [0.717, 1.165) is 69.7 Å². The Balaban J connectivity index is 1.07. The number of piperidine rings is 1. The molecule has 2 aromatic heterocycles. The number of aromatic nitrogens is 3. The van der Waals surface area contributed by atoms with E-state index >= 15 is 0 Å². The number of hydrogen-bond donors (Lipinski definition) is 2. The summed E-state index contributed by atoms with van der Waals surface area (Å²) in [6, 6.07) is 27.6. The van der Waals surface area contributed by atoms with Crippen LogP contribution in [-0.4, -0.2) is 46.6 Å². The first-order chi connectivity index (χ1) is 26.3. The lowest BCUT2D eigenvalue weighted by Crippen LogP contribution is -2.34. The van der Waals surface area contributed by atoms with E-state index in [0.29, 0.717) is 58.5 Å². The topological polar surface area (TPSA) is 108 Å². The summed E-state index contributed by atoms with van der Waals surface area (Å²) < 4.78 is 19.0. The number of pyridine rings is 1. The minimum atomic E-state index is 0.211. The van der Waals surface area contributed by atoms with Gasteiger partial charge in [0.2, 0.25) is 0 Å². The van der Waals surface area contributed by atoms with Crippen LogP contribution in [0.2, 0.25) is 10.0 Å². The Bertz CT molecular complexity index is 2250. The molecule has 54 heavy (non-hydrogen) atoms. The minimum absolute atomic E-state index is 0.211. The predicted molar refractivity (Wildman–Crippen MR) is 213 cm³/mol. The maximum atomic E-state index is 9.36. The number of rotatable bonds is 14. The van der Waals surface area contributed by atoms with Gasteiger partial charge in [-0.05, 0) is 80.4 Å². The zero-order chi connectivity index (χ0) is 37.4. The fourth-order valence-electron chi connectivity index (χ4n) is 6.89. The molecule has 7 rings (SSSR count). The van der Waals surface area contributed by atoms with E-state index in [1.54, 1.807) is 12.3 Å². The van der Waals surface area contributed by atoms with Crippen molar-refractivity contribution in [1.29, 1.82) is 5.26 Å². The highest BCUT2D eigenvalue weighted by atomic mass is 35.5. The first-order valence-corrected chi connectivity index (χ1v) is 18.9. The van der Waals surface area contributed by atoms with Gasteiger partial charge >= 0.3 is 0 Å². The van der Waals surface area contributed by atoms with Gasteiger partial charge in [0, 0.05) is 54.2 Å². The molecule has 1 saturated heterocycles. The van der Waals surface area contributed by atoms with Crippen molar-refractivity contribution in [3.8, 4) is 34.4 Å². The van der Waals surface area contributed by atoms with Crippen molar-refractivity contribution in [2.75, 3.05) is 26.7 Å². The van der Waals surface area contributed by atoms with E-state index in [9.17, 15) is 5.26 Å². The number of imidazole rings is 1. The van der Waals surface area contributed by atoms with Crippen LogP contribution >= 0.6 is 23.2 Å². The van der Waals surface area contributed by atoms with Crippen molar-refractivity contribution < 1.29 is 14.2 Å². The summed E-state index contributed by atoms with van der Waals surface area (Å²) in [5, 5.41) is 13.9. The molecule has 9 nitrogen and oxygen atoms in total. The summed E-state index contributed by atoms with van der Waals surface area (Å²) in [5.74, 6) is 3.11. The molecular formula is C43H42Cl2N6O3. The van der Waals surface area contributed by atoms with Crippen LogP contribution in [0.1, 0.15) is 46.5 Å². The fraction of sp³-hybridized carbons (Fsp3) is 0.279. The quantitative estimate of drug-likeness (QED) is 0.113. The van der Waals surface area contributed by atoms with Crippen molar-refractivity contribution >= 4 is 34.2 Å². The van der Waals surface area contributed by atoms with Crippen LogP contribution in [0.15, 0.2) is 91.3 Å². The summed E-state index contributed by atoms with van der Waals surface area (Å²) >= 11 is 13.9. The van der Waals surface area contributed by atoms with Gasteiger partial charge in [-0.15, -0.1) is 0 Å². The Hall–Kier alpha value is -5.11. The summed E-state index contributed by atoms with van der Waals surface area (Å²) in [6.45, 7) is 6.36. The molecule has 276 valence electrons. The first kappa shape index (κ1) is 37.2. The number of ether oxygens (including phenoxy) is 3. The molecule has 0 amide bonds. The van der Waals surface area contributed by atoms with E-state index in [4.69, 9.17) is 37.4 Å². The number of fused-ring (bicyclic) bond motifs is 1. The maximum Gasteiger partial charge on any atom is 0.142 e. The average molecular weight is 762 g/mol. The van der Waals surface area contributed by atoms with Crippen molar-refractivity contribution in [1.82, 2.24) is 25.2 Å². The Morgan fingerprint density at radius 1 is 0.889 bits per heavy atom. The van der Waals surface area contributed by atoms with Gasteiger partial charge in [-0.1, -0.05) is 65.7 Å². The van der Waals surface area contributed by atoms with E-state index in [1.165, 1.54) is 12.6 Å². The molecule has 1 fully saturated rings. The van der Waals surface area contributed by atoms with E-state index in [-0.39, 0.29) is 13.2 Å². The highest BCUT2D eigenvalue weighted by Crippen LogP contribution is 2.39. The molecule has 6 aromatic rings. The summed E-state index contributed by atoms with van der Waals surface area (Å²) in [4.78, 5) is 14.6. The molecule has 1 aliphatic rings. The van der Waals surface area contributed by atoms with Gasteiger partial charge in [-0.25, -0.2) is 4.98 Å². The van der Waals surface area contributed by atoms with Gasteiger partial charge in [-0.2, -0.15) is 5.26 Å². The number of nitriles is 1. The van der Waals surface area contributed by atoms with Gasteiger partial charge < -0.3 is 29.4 Å². The van der Waals surface area contributed by atoms with Crippen LogP contribution in [0.4, 0.5) is 0 Å². The number of likely N-dealkylation sites (tertiary alicyclic amines) is 1. The smallest absolute Gasteiger partial charge is 0.142 e. The number of halogens is 2. The molecule has 11 heteroatoms. The molecule has 3 heterocycles. The molecule has 0 aliphatic carbocycles. The highest BCUT2D eigenvalue weighted by Gasteiger charge is 2.20. The predicted octanol–water partition coefficient (Wildman–Crippen LogP) is 9.28. The molecule has 0 saturated carbocycles. The SMILES string of the molecule is Cc1c(COc2cc(OCc3cncc(C#N)c3)c(CNCc3nc4ccccc4[nH]3)cc2Cl)cccc1-c1cccc(OCC2CCCN(C)C2)c1Cl. The molecule has 2 N–H and O–H groups in total. The third kappa shape index (κ3) is 8.98. The van der Waals surface area contributed by atoms with Gasteiger partial charge in [-0.3, -0.25) is 4.98 Å². The lowest BCUT2D eigenvalue weighted by molar-refractivity contribution is 0.150. The second kappa shape index (κ2) is 17.4. The molecule has 1 atom stereocenters. The minimum Gasteiger partial charge on any atom is -0.492 e. The third-order valence-electron chi connectivity index (χ3n) is 9.76. The molecule has 1 aliphatic heterocycles. The van der Waals surface area contributed by atoms with Crippen molar-refractivity contribution in [2.24, 2.45) is 5.92 Å². The fourth-order valence-corrected chi connectivity index (χ4v) is 7.41. The second-order valence-corrected chi connectivity index (χ2v) is 14.5. The normalized spacial score (nSPS) is 14.5. The summed E-state index contributed by atoms with van der Waals surface area (Å²) in [6.07, 6.45) is 5.56. The zero-order valence-electron chi connectivity index (χ0n) is 30.4. The number of H-pyrrole nitrogens is 1. The van der Waals surface area contributed by atoms with Crippen molar-refractivity contribution in [3.63, 3.8) is 0 Å². The molecule has 1 unspecified atom stereocenters. The van der Waals surface area contributed by atoms with E-state index in [2.05, 4.69) is 51.3 Å². The van der Waals surface area contributed by atoms with Crippen LogP contribution in [0.25, 0.3) is 22.2 Å². The standard InChI is InChI=1S/C43H42Cl2N6O3/c1-28-32(9-5-10-34(28)35-11-6-14-39(43(35)45)52-25-29-8-7-15-51(2)24-29)27-54-41-18-40(53-26-31-16-30(19-46)20-47-21-31)33(17-36(41)44)22-48-23-42-49-37-12-3-4-13-38(37)50-42/h3-6,9-14,16-18,20-21,29,48H,7-8,15,22-27H2,1-2H3,(H,49,50). The molecule has 4 aromatic carbocycles. The van der Waals surface area contributed by atoms with Crippen LogP contribution < -0.4 is 19.5 Å². The van der Waals surface area contributed by atoms with Gasteiger partial charge in [0.1, 0.15) is 42.4 Å². The molecule has 0 radical (unpaired) electrons. The number of benzene rings is 4. The number of aromatic amines is 1. The Morgan fingerprint density at radius 2 is 1.72 bits per heavy atom. The lowest BCUT2D eigenvalue weighted by Gasteiger charge is -2.29. The zero-order valence-corrected chi connectivity index (χ0v) is 31.9. The van der Waals surface area contributed by atoms with E-state index in [1.807, 2.05) is 66.7 Å². The van der Waals surface area contributed by atoms with Gasteiger partial charge in [0.25, 0.3) is 0 Å². The Labute approximate surface area is 325 Å². The summed E-state index contributed by atoms with van der Waals surface area (Å²) in [5.41, 5.74) is 7.96. The molecular weight excluding hydrogens is 719 g/mol. The highest BCUT2D eigenvalue weighted by molar-refractivity contribution is 6.35. The van der Waals surface area contributed by atoms with Gasteiger partial charge in [0.15, 0.2) is 0 Å². The number of para-hydroxylation sites is 2. The number of nitrogens with zero attached hydrogens (tertiary/aromatic N) is 4. The van der Waals surface area contributed by atoms with Crippen molar-refractivity contribution in [3.05, 3.63) is 135 Å². The summed E-state index contributed by atoms with van der Waals surface area (Å²) in [7, 11) is 2.16. The van der Waals surface area contributed by atoms with Crippen molar-refractivity contribution in [2.45, 2.75) is 46.1 Å². The van der Waals surface area contributed by atoms with Crippen LogP contribution in [0.3, 0.4) is 0 Å².